The maximum Gasteiger partial charge on any atom is 0.115 e. The van der Waals surface area contributed by atoms with Crippen LogP contribution in [0.3, 0.4) is 0 Å². The largest absolute Gasteiger partial charge is 0.394 e. The highest BCUT2D eigenvalue weighted by Crippen LogP contribution is 2.25. The van der Waals surface area contributed by atoms with Crippen LogP contribution in [0.15, 0.2) is 0 Å². The van der Waals surface area contributed by atoms with Gasteiger partial charge in [0.15, 0.2) is 0 Å². The van der Waals surface area contributed by atoms with Gasteiger partial charge in [-0.25, -0.2) is 0 Å². The SMILES string of the molecule is COC1[C@H](O)C(C)O[C@H]1[C@H](O)CO. The van der Waals surface area contributed by atoms with Crippen LogP contribution in [-0.2, 0) is 9.47 Å². The molecule has 0 radical (unpaired) electrons. The minimum absolute atomic E-state index is 0.379. The molecule has 2 unspecified atom stereocenters. The number of hydrogen-bond donors (Lipinski definition) is 3. The van der Waals surface area contributed by atoms with E-state index in [-0.39, 0.29) is 6.10 Å². The van der Waals surface area contributed by atoms with Gasteiger partial charge in [0.25, 0.3) is 0 Å². The molecule has 0 aromatic heterocycles. The minimum Gasteiger partial charge on any atom is -0.394 e. The highest BCUT2D eigenvalue weighted by molar-refractivity contribution is 4.92. The van der Waals surface area contributed by atoms with Gasteiger partial charge in [-0.2, -0.15) is 0 Å². The van der Waals surface area contributed by atoms with Crippen LogP contribution in [0, 0.1) is 0 Å². The van der Waals surface area contributed by atoms with Crippen LogP contribution in [0.5, 0.6) is 0 Å². The van der Waals surface area contributed by atoms with Crippen molar-refractivity contribution < 1.29 is 24.8 Å². The molecule has 1 aliphatic heterocycles. The summed E-state index contributed by atoms with van der Waals surface area (Å²) in [5.41, 5.74) is 0. The number of rotatable bonds is 3. The second kappa shape index (κ2) is 4.34. The molecule has 0 aliphatic carbocycles. The molecule has 5 atom stereocenters. The predicted octanol–water partition coefficient (Wildman–Crippen LogP) is -1.50. The van der Waals surface area contributed by atoms with Crippen molar-refractivity contribution in [3.05, 3.63) is 0 Å². The number of aliphatic hydroxyl groups is 3. The van der Waals surface area contributed by atoms with Crippen LogP contribution in [0.1, 0.15) is 6.92 Å². The van der Waals surface area contributed by atoms with Crippen LogP contribution in [0.2, 0.25) is 0 Å². The van der Waals surface area contributed by atoms with Gasteiger partial charge in [0, 0.05) is 7.11 Å². The highest BCUT2D eigenvalue weighted by atomic mass is 16.6. The van der Waals surface area contributed by atoms with Gasteiger partial charge in [-0.3, -0.25) is 0 Å². The zero-order valence-electron chi connectivity index (χ0n) is 7.75. The zero-order chi connectivity index (χ0) is 10.0. The molecular weight excluding hydrogens is 176 g/mol. The Kier molecular flexibility index (Phi) is 3.63. The van der Waals surface area contributed by atoms with E-state index >= 15 is 0 Å². The maximum atomic E-state index is 9.53. The summed E-state index contributed by atoms with van der Waals surface area (Å²) in [4.78, 5) is 0. The van der Waals surface area contributed by atoms with Crippen molar-refractivity contribution in [2.75, 3.05) is 13.7 Å². The average Bonchev–Trinajstić information content (AvgIpc) is 2.42. The number of aliphatic hydroxyl groups excluding tert-OH is 3. The third-order valence-electron chi connectivity index (χ3n) is 2.35. The summed E-state index contributed by atoms with van der Waals surface area (Å²) in [5.74, 6) is 0. The van der Waals surface area contributed by atoms with Crippen LogP contribution >= 0.6 is 0 Å². The van der Waals surface area contributed by atoms with Gasteiger partial charge in [0.2, 0.25) is 0 Å². The number of ether oxygens (including phenoxy) is 2. The Bertz CT molecular complexity index is 163. The highest BCUT2D eigenvalue weighted by Gasteiger charge is 2.44. The van der Waals surface area contributed by atoms with Crippen LogP contribution in [0.4, 0.5) is 0 Å². The second-order valence-corrected chi connectivity index (χ2v) is 3.25. The zero-order valence-corrected chi connectivity index (χ0v) is 7.75. The van der Waals surface area contributed by atoms with Crippen molar-refractivity contribution in [1.29, 1.82) is 0 Å². The van der Waals surface area contributed by atoms with Gasteiger partial charge < -0.3 is 24.8 Å². The van der Waals surface area contributed by atoms with Gasteiger partial charge in [0.1, 0.15) is 24.4 Å². The molecule has 78 valence electrons. The Hall–Kier alpha value is -0.200. The van der Waals surface area contributed by atoms with E-state index in [9.17, 15) is 10.2 Å². The Morgan fingerprint density at radius 3 is 2.62 bits per heavy atom. The van der Waals surface area contributed by atoms with E-state index in [2.05, 4.69) is 0 Å². The molecular formula is C8H16O5. The first kappa shape index (κ1) is 10.9. The first-order valence-electron chi connectivity index (χ1n) is 4.27. The molecule has 1 saturated heterocycles. The monoisotopic (exact) mass is 192 g/mol. The summed E-state index contributed by atoms with van der Waals surface area (Å²) in [6, 6.07) is 0. The number of methoxy groups -OCH3 is 1. The molecule has 0 aromatic rings. The van der Waals surface area contributed by atoms with Crippen LogP contribution < -0.4 is 0 Å². The molecule has 0 amide bonds. The van der Waals surface area contributed by atoms with Gasteiger partial charge in [-0.05, 0) is 6.92 Å². The Balaban J connectivity index is 2.64. The third-order valence-corrected chi connectivity index (χ3v) is 2.35. The Labute approximate surface area is 76.9 Å². The summed E-state index contributed by atoms with van der Waals surface area (Å²) in [7, 11) is 1.44. The van der Waals surface area contributed by atoms with E-state index in [0.717, 1.165) is 0 Å². The lowest BCUT2D eigenvalue weighted by atomic mass is 10.0. The molecule has 5 heteroatoms. The summed E-state index contributed by atoms with van der Waals surface area (Å²) in [6.45, 7) is 1.30. The van der Waals surface area contributed by atoms with Crippen molar-refractivity contribution >= 4 is 0 Å². The Morgan fingerprint density at radius 1 is 1.54 bits per heavy atom. The lowest BCUT2D eigenvalue weighted by Gasteiger charge is -2.21. The summed E-state index contributed by atoms with van der Waals surface area (Å²) < 4.78 is 10.2. The predicted molar refractivity (Wildman–Crippen MR) is 44.2 cm³/mol. The molecule has 0 spiro atoms. The Morgan fingerprint density at radius 2 is 2.15 bits per heavy atom. The van der Waals surface area contributed by atoms with Crippen molar-refractivity contribution in [2.24, 2.45) is 0 Å². The maximum absolute atomic E-state index is 9.53. The standard InChI is InChI=1S/C8H16O5/c1-4-6(11)8(12-2)7(13-4)5(10)3-9/h4-11H,3H2,1-2H3/t4?,5-,6-,7+,8?/m1/s1. The summed E-state index contributed by atoms with van der Waals surface area (Å²) in [6.07, 6.45) is -3.37. The van der Waals surface area contributed by atoms with Crippen molar-refractivity contribution in [2.45, 2.75) is 37.4 Å². The molecule has 0 aromatic carbocycles. The number of hydrogen-bond acceptors (Lipinski definition) is 5. The fraction of sp³-hybridized carbons (Fsp3) is 1.00. The minimum atomic E-state index is -1.01. The fourth-order valence-corrected chi connectivity index (χ4v) is 1.55. The van der Waals surface area contributed by atoms with E-state index in [1.807, 2.05) is 0 Å². The molecule has 1 heterocycles. The molecule has 0 saturated carbocycles. The first-order valence-corrected chi connectivity index (χ1v) is 4.27. The second-order valence-electron chi connectivity index (χ2n) is 3.25. The molecule has 0 bridgehead atoms. The molecule has 1 aliphatic rings. The van der Waals surface area contributed by atoms with E-state index < -0.39 is 31.0 Å². The third kappa shape index (κ3) is 2.00. The smallest absolute Gasteiger partial charge is 0.115 e. The van der Waals surface area contributed by atoms with E-state index in [0.29, 0.717) is 0 Å². The van der Waals surface area contributed by atoms with Crippen molar-refractivity contribution in [3.63, 3.8) is 0 Å². The van der Waals surface area contributed by atoms with Crippen LogP contribution in [0.25, 0.3) is 0 Å². The van der Waals surface area contributed by atoms with Crippen molar-refractivity contribution in [1.82, 2.24) is 0 Å². The van der Waals surface area contributed by atoms with Gasteiger partial charge in [0.05, 0.1) is 12.7 Å². The topological polar surface area (TPSA) is 79.2 Å². The van der Waals surface area contributed by atoms with Crippen LogP contribution in [-0.4, -0.2) is 59.6 Å². The van der Waals surface area contributed by atoms with Gasteiger partial charge >= 0.3 is 0 Å². The lowest BCUT2D eigenvalue weighted by molar-refractivity contribution is -0.0877. The first-order chi connectivity index (χ1) is 6.11. The molecule has 3 N–H and O–H groups in total. The normalized spacial score (nSPS) is 42.2. The molecule has 1 rings (SSSR count). The molecule has 5 nitrogen and oxygen atoms in total. The summed E-state index contributed by atoms with van der Waals surface area (Å²) in [5, 5.41) is 27.6. The van der Waals surface area contributed by atoms with E-state index in [4.69, 9.17) is 14.6 Å². The summed E-state index contributed by atoms with van der Waals surface area (Å²) >= 11 is 0. The molecule has 13 heavy (non-hydrogen) atoms. The van der Waals surface area contributed by atoms with Crippen molar-refractivity contribution in [3.8, 4) is 0 Å². The quantitative estimate of drug-likeness (QED) is 0.507. The van der Waals surface area contributed by atoms with Gasteiger partial charge in [-0.1, -0.05) is 0 Å². The average molecular weight is 192 g/mol. The lowest BCUT2D eigenvalue weighted by Crippen LogP contribution is -2.41. The van der Waals surface area contributed by atoms with E-state index in [1.165, 1.54) is 7.11 Å². The van der Waals surface area contributed by atoms with Gasteiger partial charge in [-0.15, -0.1) is 0 Å². The fourth-order valence-electron chi connectivity index (χ4n) is 1.55. The van der Waals surface area contributed by atoms with E-state index in [1.54, 1.807) is 6.92 Å². The molecule has 1 fully saturated rings.